The lowest BCUT2D eigenvalue weighted by molar-refractivity contribution is -0.128. The number of hydrogen-bond acceptors (Lipinski definition) is 3. The quantitative estimate of drug-likeness (QED) is 0.707. The summed E-state index contributed by atoms with van der Waals surface area (Å²) in [6, 6.07) is -0.720. The topological polar surface area (TPSA) is 89.3 Å². The summed E-state index contributed by atoms with van der Waals surface area (Å²) in [6.07, 6.45) is 5.55. The molecular weight excluding hydrogens is 232 g/mol. The number of carbonyl (C=O) groups excluding carboxylic acids is 3. The van der Waals surface area contributed by atoms with Crippen molar-refractivity contribution in [2.75, 3.05) is 0 Å². The number of hydrogen-bond donors (Lipinski definition) is 2. The van der Waals surface area contributed by atoms with E-state index < -0.39 is 11.9 Å². The molecule has 0 heterocycles. The minimum Gasteiger partial charge on any atom is -0.368 e. The lowest BCUT2D eigenvalue weighted by Crippen LogP contribution is -2.45. The average Bonchev–Trinajstić information content (AvgIpc) is 2.76. The maximum absolute atomic E-state index is 11.8. The zero-order chi connectivity index (χ0) is 13.5. The van der Waals surface area contributed by atoms with Gasteiger partial charge in [0.1, 0.15) is 11.8 Å². The van der Waals surface area contributed by atoms with Crippen molar-refractivity contribution in [3.63, 3.8) is 0 Å². The maximum atomic E-state index is 11.8. The van der Waals surface area contributed by atoms with Crippen LogP contribution < -0.4 is 11.1 Å². The second kappa shape index (κ2) is 7.13. The molecule has 0 spiro atoms. The molecule has 102 valence electrons. The van der Waals surface area contributed by atoms with Crippen molar-refractivity contribution in [2.45, 2.75) is 57.9 Å². The van der Waals surface area contributed by atoms with Crippen LogP contribution in [0, 0.1) is 5.92 Å². The Morgan fingerprint density at radius 2 is 1.89 bits per heavy atom. The first-order valence-electron chi connectivity index (χ1n) is 6.57. The molecule has 1 saturated carbocycles. The standard InChI is InChI=1S/C13H22N2O3/c1-9(16)6-7-11(13(14)18)15-12(17)8-10-4-2-3-5-10/h10-11H,2-8H2,1H3,(H2,14,18)(H,15,17)/t11-/m1/s1. The molecule has 5 heteroatoms. The normalized spacial score (nSPS) is 17.4. The van der Waals surface area contributed by atoms with E-state index in [2.05, 4.69) is 5.32 Å². The molecule has 18 heavy (non-hydrogen) atoms. The highest BCUT2D eigenvalue weighted by Gasteiger charge is 2.22. The molecular formula is C13H22N2O3. The Bertz CT molecular complexity index is 322. The van der Waals surface area contributed by atoms with Crippen LogP contribution in [0.25, 0.3) is 0 Å². The van der Waals surface area contributed by atoms with Crippen LogP contribution in [0.15, 0.2) is 0 Å². The Labute approximate surface area is 107 Å². The first-order chi connectivity index (χ1) is 8.49. The van der Waals surface area contributed by atoms with Crippen LogP contribution in [-0.2, 0) is 14.4 Å². The van der Waals surface area contributed by atoms with Crippen molar-refractivity contribution in [3.8, 4) is 0 Å². The molecule has 0 unspecified atom stereocenters. The number of primary amides is 1. The molecule has 2 amide bonds. The first kappa shape index (κ1) is 14.7. The third kappa shape index (κ3) is 5.29. The van der Waals surface area contributed by atoms with Gasteiger partial charge in [-0.2, -0.15) is 0 Å². The summed E-state index contributed by atoms with van der Waals surface area (Å²) in [4.78, 5) is 33.8. The minimum absolute atomic E-state index is 0.00806. The number of ketones is 1. The van der Waals surface area contributed by atoms with Crippen LogP contribution >= 0.6 is 0 Å². The van der Waals surface area contributed by atoms with Crippen LogP contribution in [0.3, 0.4) is 0 Å². The third-order valence-corrected chi connectivity index (χ3v) is 3.41. The van der Waals surface area contributed by atoms with Crippen molar-refractivity contribution in [1.82, 2.24) is 5.32 Å². The van der Waals surface area contributed by atoms with E-state index in [0.717, 1.165) is 12.8 Å². The van der Waals surface area contributed by atoms with E-state index in [9.17, 15) is 14.4 Å². The van der Waals surface area contributed by atoms with Gasteiger partial charge in [0.2, 0.25) is 11.8 Å². The Balaban J connectivity index is 2.36. The molecule has 0 saturated heterocycles. The second-order valence-electron chi connectivity index (χ2n) is 5.12. The van der Waals surface area contributed by atoms with E-state index in [1.807, 2.05) is 0 Å². The highest BCUT2D eigenvalue weighted by molar-refractivity contribution is 5.87. The van der Waals surface area contributed by atoms with Gasteiger partial charge in [-0.3, -0.25) is 9.59 Å². The van der Waals surface area contributed by atoms with Gasteiger partial charge < -0.3 is 15.8 Å². The van der Waals surface area contributed by atoms with Gasteiger partial charge in [0.25, 0.3) is 0 Å². The molecule has 0 aromatic heterocycles. The van der Waals surface area contributed by atoms with Gasteiger partial charge >= 0.3 is 0 Å². The molecule has 1 aliphatic carbocycles. The predicted molar refractivity (Wildman–Crippen MR) is 67.6 cm³/mol. The summed E-state index contributed by atoms with van der Waals surface area (Å²) in [7, 11) is 0. The summed E-state index contributed by atoms with van der Waals surface area (Å²) in [5.74, 6) is -0.275. The Morgan fingerprint density at radius 1 is 1.28 bits per heavy atom. The number of rotatable bonds is 7. The summed E-state index contributed by atoms with van der Waals surface area (Å²) in [5.41, 5.74) is 5.21. The van der Waals surface area contributed by atoms with E-state index in [1.54, 1.807) is 0 Å². The maximum Gasteiger partial charge on any atom is 0.240 e. The third-order valence-electron chi connectivity index (χ3n) is 3.41. The Morgan fingerprint density at radius 3 is 2.39 bits per heavy atom. The van der Waals surface area contributed by atoms with Gasteiger partial charge in [0.05, 0.1) is 0 Å². The monoisotopic (exact) mass is 254 g/mol. The fraction of sp³-hybridized carbons (Fsp3) is 0.769. The average molecular weight is 254 g/mol. The molecule has 0 aromatic carbocycles. The van der Waals surface area contributed by atoms with E-state index >= 15 is 0 Å². The summed E-state index contributed by atoms with van der Waals surface area (Å²) >= 11 is 0. The zero-order valence-corrected chi connectivity index (χ0v) is 10.9. The van der Waals surface area contributed by atoms with Crippen LogP contribution in [0.4, 0.5) is 0 Å². The van der Waals surface area contributed by atoms with Gasteiger partial charge in [-0.05, 0) is 32.1 Å². The summed E-state index contributed by atoms with van der Waals surface area (Å²) in [5, 5.41) is 2.63. The predicted octanol–water partition coefficient (Wildman–Crippen LogP) is 0.906. The molecule has 1 fully saturated rings. The summed E-state index contributed by atoms with van der Waals surface area (Å²) in [6.45, 7) is 1.46. The van der Waals surface area contributed by atoms with Gasteiger partial charge in [0.15, 0.2) is 0 Å². The number of nitrogens with two attached hydrogens (primary N) is 1. The van der Waals surface area contributed by atoms with Crippen molar-refractivity contribution in [3.05, 3.63) is 0 Å². The van der Waals surface area contributed by atoms with Crippen LogP contribution in [0.5, 0.6) is 0 Å². The van der Waals surface area contributed by atoms with Crippen LogP contribution in [0.1, 0.15) is 51.9 Å². The van der Waals surface area contributed by atoms with Gasteiger partial charge in [-0.15, -0.1) is 0 Å². The van der Waals surface area contributed by atoms with E-state index in [4.69, 9.17) is 5.73 Å². The van der Waals surface area contributed by atoms with Crippen molar-refractivity contribution in [2.24, 2.45) is 11.7 Å². The number of nitrogens with one attached hydrogen (secondary N) is 1. The van der Waals surface area contributed by atoms with Gasteiger partial charge in [-0.25, -0.2) is 0 Å². The largest absolute Gasteiger partial charge is 0.368 e. The zero-order valence-electron chi connectivity index (χ0n) is 10.9. The minimum atomic E-state index is -0.720. The molecule has 0 bridgehead atoms. The summed E-state index contributed by atoms with van der Waals surface area (Å²) < 4.78 is 0. The molecule has 0 radical (unpaired) electrons. The second-order valence-corrected chi connectivity index (χ2v) is 5.12. The van der Waals surface area contributed by atoms with Crippen molar-refractivity contribution >= 4 is 17.6 Å². The molecule has 0 aromatic rings. The van der Waals surface area contributed by atoms with Crippen LogP contribution in [-0.4, -0.2) is 23.6 Å². The van der Waals surface area contributed by atoms with Gasteiger partial charge in [-0.1, -0.05) is 12.8 Å². The lowest BCUT2D eigenvalue weighted by Gasteiger charge is -2.16. The highest BCUT2D eigenvalue weighted by atomic mass is 16.2. The van der Waals surface area contributed by atoms with E-state index in [0.29, 0.717) is 18.8 Å². The van der Waals surface area contributed by atoms with Crippen molar-refractivity contribution < 1.29 is 14.4 Å². The molecule has 5 nitrogen and oxygen atoms in total. The molecule has 0 aliphatic heterocycles. The number of Topliss-reactive ketones (excluding diaryl/α,β-unsaturated/α-hetero) is 1. The number of carbonyl (C=O) groups is 3. The SMILES string of the molecule is CC(=O)CC[C@@H](NC(=O)CC1CCCC1)C(N)=O. The van der Waals surface area contributed by atoms with E-state index in [1.165, 1.54) is 19.8 Å². The first-order valence-corrected chi connectivity index (χ1v) is 6.57. The molecule has 1 aliphatic rings. The molecule has 1 rings (SSSR count). The fourth-order valence-electron chi connectivity index (χ4n) is 2.36. The highest BCUT2D eigenvalue weighted by Crippen LogP contribution is 2.27. The van der Waals surface area contributed by atoms with Gasteiger partial charge in [0, 0.05) is 12.8 Å². The fourth-order valence-corrected chi connectivity index (χ4v) is 2.36. The number of amides is 2. The van der Waals surface area contributed by atoms with Crippen molar-refractivity contribution in [1.29, 1.82) is 0 Å². The molecule has 1 atom stereocenters. The Hall–Kier alpha value is -1.39. The van der Waals surface area contributed by atoms with Crippen LogP contribution in [0.2, 0.25) is 0 Å². The Kier molecular flexibility index (Phi) is 5.82. The smallest absolute Gasteiger partial charge is 0.240 e. The van der Waals surface area contributed by atoms with E-state index in [-0.39, 0.29) is 18.1 Å². The molecule has 3 N–H and O–H groups in total. The lowest BCUT2D eigenvalue weighted by atomic mass is 10.0.